The van der Waals surface area contributed by atoms with Crippen LogP contribution in [0.4, 0.5) is 5.82 Å². The van der Waals surface area contributed by atoms with Crippen molar-refractivity contribution < 1.29 is 17.9 Å². The normalized spacial score (nSPS) is 14.7. The molecule has 0 amide bonds. The summed E-state index contributed by atoms with van der Waals surface area (Å²) in [6, 6.07) is 8.47. The highest BCUT2D eigenvalue weighted by atomic mass is 32.2. The second-order valence-electron chi connectivity index (χ2n) is 9.28. The molecule has 0 spiro atoms. The molecule has 0 radical (unpaired) electrons. The van der Waals surface area contributed by atoms with Gasteiger partial charge >= 0.3 is 0 Å². The van der Waals surface area contributed by atoms with Gasteiger partial charge in [0, 0.05) is 51.0 Å². The van der Waals surface area contributed by atoms with Crippen LogP contribution < -0.4 is 10.1 Å². The first-order chi connectivity index (χ1) is 18.9. The van der Waals surface area contributed by atoms with Crippen molar-refractivity contribution in [2.75, 3.05) is 58.1 Å². The zero-order valence-electron chi connectivity index (χ0n) is 21.6. The van der Waals surface area contributed by atoms with E-state index in [-0.39, 0.29) is 4.90 Å². The highest BCUT2D eigenvalue weighted by molar-refractivity contribution is 7.90. The SMILES string of the molecule is COc1ccc(S(C)(=O)=O)cc1-n1nc(NCCN2CCOCC2)c2cnc(-c3cnn4cccnc34)cc21. The smallest absolute Gasteiger partial charge is 0.175 e. The monoisotopic (exact) mass is 548 g/mol. The molecule has 1 saturated heterocycles. The molecule has 1 aliphatic rings. The fraction of sp³-hybridized carbons (Fsp3) is 0.308. The van der Waals surface area contributed by atoms with Gasteiger partial charge in [-0.05, 0) is 30.3 Å². The number of nitrogens with zero attached hydrogens (tertiary/aromatic N) is 7. The minimum atomic E-state index is -3.46. The highest BCUT2D eigenvalue weighted by Crippen LogP contribution is 2.34. The van der Waals surface area contributed by atoms with Crippen LogP contribution in [0.5, 0.6) is 5.75 Å². The van der Waals surface area contributed by atoms with E-state index in [0.29, 0.717) is 35.1 Å². The van der Waals surface area contributed by atoms with Gasteiger partial charge in [0.05, 0.1) is 53.6 Å². The Morgan fingerprint density at radius 3 is 2.77 bits per heavy atom. The fourth-order valence-electron chi connectivity index (χ4n) is 4.70. The Kier molecular flexibility index (Phi) is 6.62. The molecule has 0 unspecified atom stereocenters. The maximum absolute atomic E-state index is 12.4. The molecule has 0 atom stereocenters. The van der Waals surface area contributed by atoms with Crippen LogP contribution in [-0.2, 0) is 14.6 Å². The van der Waals surface area contributed by atoms with Gasteiger partial charge in [0.1, 0.15) is 11.4 Å². The van der Waals surface area contributed by atoms with Gasteiger partial charge in [-0.15, -0.1) is 5.10 Å². The van der Waals surface area contributed by atoms with Crippen molar-refractivity contribution in [1.29, 1.82) is 0 Å². The van der Waals surface area contributed by atoms with Gasteiger partial charge in [-0.1, -0.05) is 0 Å². The van der Waals surface area contributed by atoms with Crippen LogP contribution in [-0.4, -0.2) is 95.4 Å². The van der Waals surface area contributed by atoms with Gasteiger partial charge in [0.15, 0.2) is 21.3 Å². The van der Waals surface area contributed by atoms with E-state index in [1.165, 1.54) is 12.3 Å². The number of benzene rings is 1. The van der Waals surface area contributed by atoms with Crippen LogP contribution in [0.2, 0.25) is 0 Å². The number of pyridine rings is 1. The van der Waals surface area contributed by atoms with E-state index in [1.54, 1.807) is 47.0 Å². The molecule has 13 heteroatoms. The lowest BCUT2D eigenvalue weighted by molar-refractivity contribution is 0.0398. The Hall–Kier alpha value is -4.07. The molecule has 1 fully saturated rings. The van der Waals surface area contributed by atoms with E-state index in [0.717, 1.165) is 49.3 Å². The van der Waals surface area contributed by atoms with E-state index in [9.17, 15) is 8.42 Å². The fourth-order valence-corrected chi connectivity index (χ4v) is 5.34. The van der Waals surface area contributed by atoms with Crippen molar-refractivity contribution >= 4 is 32.2 Å². The van der Waals surface area contributed by atoms with Crippen LogP contribution in [0.1, 0.15) is 0 Å². The van der Waals surface area contributed by atoms with E-state index < -0.39 is 9.84 Å². The summed E-state index contributed by atoms with van der Waals surface area (Å²) in [6.45, 7) is 4.77. The van der Waals surface area contributed by atoms with Gasteiger partial charge < -0.3 is 14.8 Å². The molecular weight excluding hydrogens is 520 g/mol. The number of anilines is 1. The van der Waals surface area contributed by atoms with Crippen LogP contribution in [0.15, 0.2) is 60.0 Å². The first-order valence-corrected chi connectivity index (χ1v) is 14.4. The molecule has 6 rings (SSSR count). The second-order valence-corrected chi connectivity index (χ2v) is 11.3. The van der Waals surface area contributed by atoms with Crippen molar-refractivity contribution in [2.24, 2.45) is 0 Å². The van der Waals surface area contributed by atoms with Crippen LogP contribution >= 0.6 is 0 Å². The van der Waals surface area contributed by atoms with Gasteiger partial charge in [0.25, 0.3) is 0 Å². The largest absolute Gasteiger partial charge is 0.494 e. The van der Waals surface area contributed by atoms with Crippen molar-refractivity contribution in [3.8, 4) is 22.7 Å². The summed E-state index contributed by atoms with van der Waals surface area (Å²) in [5.41, 5.74) is 3.34. The second kappa shape index (κ2) is 10.2. The molecule has 5 heterocycles. The van der Waals surface area contributed by atoms with Gasteiger partial charge in [-0.25, -0.2) is 22.6 Å². The Balaban J connectivity index is 1.47. The number of nitrogens with one attached hydrogen (secondary N) is 1. The van der Waals surface area contributed by atoms with E-state index in [1.807, 2.05) is 18.3 Å². The predicted octanol–water partition coefficient (Wildman–Crippen LogP) is 2.29. The summed E-state index contributed by atoms with van der Waals surface area (Å²) in [5.74, 6) is 1.13. The molecule has 5 aromatic rings. The van der Waals surface area contributed by atoms with Crippen LogP contribution in [0.25, 0.3) is 33.5 Å². The number of fused-ring (bicyclic) bond motifs is 2. The number of rotatable bonds is 8. The van der Waals surface area contributed by atoms with Gasteiger partial charge in [0.2, 0.25) is 0 Å². The third kappa shape index (κ3) is 4.91. The lowest BCUT2D eigenvalue weighted by atomic mass is 10.2. The molecule has 0 saturated carbocycles. The van der Waals surface area contributed by atoms with E-state index in [2.05, 4.69) is 20.3 Å². The molecule has 4 aromatic heterocycles. The molecule has 0 bridgehead atoms. The van der Waals surface area contributed by atoms with Crippen LogP contribution in [0, 0.1) is 0 Å². The summed E-state index contributed by atoms with van der Waals surface area (Å²) in [4.78, 5) is 11.7. The minimum Gasteiger partial charge on any atom is -0.494 e. The molecule has 202 valence electrons. The highest BCUT2D eigenvalue weighted by Gasteiger charge is 2.20. The predicted molar refractivity (Wildman–Crippen MR) is 146 cm³/mol. The summed E-state index contributed by atoms with van der Waals surface area (Å²) in [6.07, 6.45) is 8.21. The zero-order chi connectivity index (χ0) is 27.0. The molecule has 12 nitrogen and oxygen atoms in total. The van der Waals surface area contributed by atoms with Crippen LogP contribution in [0.3, 0.4) is 0 Å². The Morgan fingerprint density at radius 1 is 1.13 bits per heavy atom. The van der Waals surface area contributed by atoms with Crippen molar-refractivity contribution in [3.05, 3.63) is 55.1 Å². The number of hydrogen-bond acceptors (Lipinski definition) is 10. The summed E-state index contributed by atoms with van der Waals surface area (Å²) in [7, 11) is -1.91. The first-order valence-electron chi connectivity index (χ1n) is 12.5. The van der Waals surface area contributed by atoms with Gasteiger partial charge in [-0.3, -0.25) is 9.88 Å². The molecular formula is C26H28N8O4S. The number of aromatic nitrogens is 6. The lowest BCUT2D eigenvalue weighted by Crippen LogP contribution is -2.39. The summed E-state index contributed by atoms with van der Waals surface area (Å²) >= 11 is 0. The van der Waals surface area contributed by atoms with Crippen molar-refractivity contribution in [3.63, 3.8) is 0 Å². The standard InChI is InChI=1S/C26H28N8O4S/c1-37-24-5-4-18(39(2,35)36)14-23(24)34-22-15-21(19-17-30-33-8-3-6-28-26(19)33)29-16-20(22)25(31-34)27-7-9-32-10-12-38-13-11-32/h3-6,8,14-17H,7,9-13H2,1-2H3,(H,27,31). The number of sulfone groups is 1. The molecule has 1 aromatic carbocycles. The number of methoxy groups -OCH3 is 1. The Labute approximate surface area is 225 Å². The van der Waals surface area contributed by atoms with Crippen molar-refractivity contribution in [1.82, 2.24) is 34.3 Å². The molecule has 0 aliphatic carbocycles. The third-order valence-corrected chi connectivity index (χ3v) is 7.86. The zero-order valence-corrected chi connectivity index (χ0v) is 22.4. The van der Waals surface area contributed by atoms with Gasteiger partial charge in [-0.2, -0.15) is 5.10 Å². The average molecular weight is 549 g/mol. The quantitative estimate of drug-likeness (QED) is 0.308. The number of morpholine rings is 1. The Morgan fingerprint density at radius 2 is 1.97 bits per heavy atom. The first kappa shape index (κ1) is 25.2. The maximum Gasteiger partial charge on any atom is 0.175 e. The lowest BCUT2D eigenvalue weighted by Gasteiger charge is -2.26. The third-order valence-electron chi connectivity index (χ3n) is 6.75. The van der Waals surface area contributed by atoms with E-state index >= 15 is 0 Å². The van der Waals surface area contributed by atoms with Crippen molar-refractivity contribution in [2.45, 2.75) is 4.90 Å². The Bertz CT molecular complexity index is 1760. The average Bonchev–Trinajstić information content (AvgIpc) is 3.54. The maximum atomic E-state index is 12.4. The number of hydrogen-bond donors (Lipinski definition) is 1. The minimum absolute atomic E-state index is 0.171. The summed E-state index contributed by atoms with van der Waals surface area (Å²) < 4.78 is 39.2. The van der Waals surface area contributed by atoms with E-state index in [4.69, 9.17) is 19.6 Å². The molecule has 1 aliphatic heterocycles. The summed E-state index contributed by atoms with van der Waals surface area (Å²) in [5, 5.41) is 13.5. The molecule has 1 N–H and O–H groups in total. The molecule has 39 heavy (non-hydrogen) atoms. The number of ether oxygens (including phenoxy) is 2. The topological polar surface area (TPSA) is 129 Å².